The van der Waals surface area contributed by atoms with E-state index in [0.29, 0.717) is 17.7 Å². The molecule has 2 aliphatic heterocycles. The summed E-state index contributed by atoms with van der Waals surface area (Å²) in [5.41, 5.74) is 4.09. The first-order valence-electron chi connectivity index (χ1n) is 17.4. The summed E-state index contributed by atoms with van der Waals surface area (Å²) in [5.74, 6) is -3.40. The number of nitrogens with two attached hydrogens (primary N) is 1. The van der Waals surface area contributed by atoms with E-state index in [0.717, 1.165) is 43.0 Å². The maximum absolute atomic E-state index is 14.8. The smallest absolute Gasteiger partial charge is 0.287 e. The molecule has 1 saturated carbocycles. The van der Waals surface area contributed by atoms with E-state index in [1.165, 1.54) is 15.8 Å². The van der Waals surface area contributed by atoms with Gasteiger partial charge < -0.3 is 36.1 Å². The highest BCUT2D eigenvalue weighted by Gasteiger charge is 2.49. The van der Waals surface area contributed by atoms with Crippen LogP contribution in [-0.4, -0.2) is 96.8 Å². The molecule has 1 aliphatic carbocycles. The van der Waals surface area contributed by atoms with Crippen molar-refractivity contribution in [1.82, 2.24) is 35.5 Å². The lowest BCUT2D eigenvalue weighted by Gasteiger charge is -2.37. The van der Waals surface area contributed by atoms with Crippen molar-refractivity contribution in [3.8, 4) is 0 Å². The fourth-order valence-electron chi connectivity index (χ4n) is 7.73. The van der Waals surface area contributed by atoms with Crippen LogP contribution in [0.3, 0.4) is 0 Å². The number of hydrogen-bond acceptors (Lipinski definition) is 9. The number of hydrogen-bond donors (Lipinski definition) is 5. The fraction of sp³-hybridized carbons (Fsp3) is 0.571. The van der Waals surface area contributed by atoms with Crippen molar-refractivity contribution in [1.29, 1.82) is 0 Å². The maximum atomic E-state index is 14.8. The van der Waals surface area contributed by atoms with Crippen molar-refractivity contribution in [2.75, 3.05) is 19.8 Å². The molecule has 4 amide bonds. The molecule has 3 aliphatic rings. The summed E-state index contributed by atoms with van der Waals surface area (Å²) in [6.07, 6.45) is 8.82. The standard InChI is InChI=1S/C35H46N8O7/c1-34(2,49)28-19-38-41-43(28)24-18-27(32(47)40-35(29(44)30(36)45)11-14-50-15-12-35)42(20-24)33(48)26(16-21-6-4-3-5-7-21)39-31(46)23-9-8-22-10-13-37-25(22)17-23/h8-10,13,17,19,21,24,26-27,37,49H,3-7,11-12,14-16,18,20H2,1-2H3,(H2,36,45)(H,39,46)(H,40,47)/t24-,26?,27-/m0/s1. The van der Waals surface area contributed by atoms with Gasteiger partial charge in [0.1, 0.15) is 23.2 Å². The Balaban J connectivity index is 1.33. The molecule has 2 saturated heterocycles. The monoisotopic (exact) mass is 690 g/mol. The molecule has 50 heavy (non-hydrogen) atoms. The van der Waals surface area contributed by atoms with E-state index in [1.807, 2.05) is 12.1 Å². The summed E-state index contributed by atoms with van der Waals surface area (Å²) in [7, 11) is 0. The number of aromatic amines is 1. The molecule has 0 bridgehead atoms. The molecule has 15 nitrogen and oxygen atoms in total. The van der Waals surface area contributed by atoms with E-state index in [4.69, 9.17) is 10.5 Å². The number of nitrogens with one attached hydrogen (secondary N) is 3. The zero-order valence-corrected chi connectivity index (χ0v) is 28.5. The van der Waals surface area contributed by atoms with Crippen molar-refractivity contribution in [2.24, 2.45) is 11.7 Å². The summed E-state index contributed by atoms with van der Waals surface area (Å²) < 4.78 is 6.94. The van der Waals surface area contributed by atoms with Crippen molar-refractivity contribution < 1.29 is 33.8 Å². The summed E-state index contributed by atoms with van der Waals surface area (Å²) in [6, 6.07) is 4.56. The number of ether oxygens (including phenoxy) is 1. The van der Waals surface area contributed by atoms with Gasteiger partial charge in [0, 0.05) is 56.3 Å². The minimum Gasteiger partial charge on any atom is -0.384 e. The molecular weight excluding hydrogens is 644 g/mol. The Hall–Kier alpha value is -4.63. The van der Waals surface area contributed by atoms with Crippen molar-refractivity contribution in [2.45, 2.75) is 101 Å². The molecule has 0 radical (unpaired) electrons. The van der Waals surface area contributed by atoms with Gasteiger partial charge in [-0.2, -0.15) is 0 Å². The number of likely N-dealkylation sites (tertiary alicyclic amines) is 1. The first-order chi connectivity index (χ1) is 23.9. The predicted molar refractivity (Wildman–Crippen MR) is 180 cm³/mol. The molecular formula is C35H46N8O7. The van der Waals surface area contributed by atoms with Crippen molar-refractivity contribution in [3.63, 3.8) is 0 Å². The number of aliphatic hydroxyl groups is 1. The van der Waals surface area contributed by atoms with Crippen LogP contribution in [0.5, 0.6) is 0 Å². The molecule has 3 fully saturated rings. The highest BCUT2D eigenvalue weighted by molar-refractivity contribution is 6.39. The minimum absolute atomic E-state index is 0.0225. The minimum atomic E-state index is -1.58. The highest BCUT2D eigenvalue weighted by atomic mass is 16.5. The number of carbonyl (C=O) groups is 5. The van der Waals surface area contributed by atoms with Crippen LogP contribution >= 0.6 is 0 Å². The van der Waals surface area contributed by atoms with Gasteiger partial charge in [0.05, 0.1) is 17.9 Å². The first kappa shape index (κ1) is 35.2. The molecule has 0 spiro atoms. The van der Waals surface area contributed by atoms with E-state index in [2.05, 4.69) is 25.9 Å². The molecule has 4 heterocycles. The third-order valence-electron chi connectivity index (χ3n) is 10.5. The van der Waals surface area contributed by atoms with Gasteiger partial charge in [-0.3, -0.25) is 24.0 Å². The van der Waals surface area contributed by atoms with Crippen LogP contribution in [0, 0.1) is 5.92 Å². The Morgan fingerprint density at radius 3 is 2.56 bits per heavy atom. The molecule has 3 atom stereocenters. The Morgan fingerprint density at radius 1 is 1.12 bits per heavy atom. The van der Waals surface area contributed by atoms with Crippen molar-refractivity contribution >= 4 is 40.3 Å². The van der Waals surface area contributed by atoms with Crippen LogP contribution in [0.15, 0.2) is 36.7 Å². The van der Waals surface area contributed by atoms with Crippen LogP contribution in [-0.2, 0) is 29.5 Å². The lowest BCUT2D eigenvalue weighted by Crippen LogP contribution is -2.64. The zero-order chi connectivity index (χ0) is 35.6. The quantitative estimate of drug-likeness (QED) is 0.185. The molecule has 268 valence electrons. The largest absolute Gasteiger partial charge is 0.384 e. The molecule has 3 aromatic rings. The summed E-state index contributed by atoms with van der Waals surface area (Å²) in [6.45, 7) is 3.47. The van der Waals surface area contributed by atoms with Crippen LogP contribution in [0.4, 0.5) is 0 Å². The third-order valence-corrected chi connectivity index (χ3v) is 10.5. The lowest BCUT2D eigenvalue weighted by molar-refractivity contribution is -0.147. The van der Waals surface area contributed by atoms with Gasteiger partial charge in [0.25, 0.3) is 11.8 Å². The van der Waals surface area contributed by atoms with E-state index in [1.54, 1.807) is 32.2 Å². The Bertz CT molecular complexity index is 1750. The number of benzene rings is 1. The zero-order valence-electron chi connectivity index (χ0n) is 28.5. The second-order valence-electron chi connectivity index (χ2n) is 14.4. The third kappa shape index (κ3) is 7.29. The number of amides is 4. The number of carbonyl (C=O) groups excluding carboxylic acids is 5. The van der Waals surface area contributed by atoms with E-state index < -0.39 is 58.7 Å². The summed E-state index contributed by atoms with van der Waals surface area (Å²) >= 11 is 0. The van der Waals surface area contributed by atoms with E-state index in [-0.39, 0.29) is 44.9 Å². The van der Waals surface area contributed by atoms with Gasteiger partial charge in [-0.15, -0.1) is 5.10 Å². The van der Waals surface area contributed by atoms with Gasteiger partial charge in [0.15, 0.2) is 0 Å². The first-order valence-corrected chi connectivity index (χ1v) is 17.4. The Labute approximate surface area is 289 Å². The van der Waals surface area contributed by atoms with Gasteiger partial charge in [0.2, 0.25) is 17.6 Å². The number of nitrogens with zero attached hydrogens (tertiary/aromatic N) is 4. The Morgan fingerprint density at radius 2 is 1.86 bits per heavy atom. The van der Waals surface area contributed by atoms with Crippen LogP contribution in [0.1, 0.15) is 93.7 Å². The number of fused-ring (bicyclic) bond motifs is 1. The molecule has 1 aromatic carbocycles. The summed E-state index contributed by atoms with van der Waals surface area (Å²) in [5, 5.41) is 25.8. The average Bonchev–Trinajstić information content (AvgIpc) is 3.87. The number of primary amides is 1. The highest BCUT2D eigenvalue weighted by Crippen LogP contribution is 2.34. The molecule has 6 rings (SSSR count). The number of ketones is 1. The maximum Gasteiger partial charge on any atom is 0.287 e. The van der Waals surface area contributed by atoms with Gasteiger partial charge in [-0.25, -0.2) is 4.68 Å². The number of Topliss-reactive ketones (excluding diaryl/α,β-unsaturated/α-hetero) is 1. The predicted octanol–water partition coefficient (Wildman–Crippen LogP) is 1.62. The number of rotatable bonds is 11. The Kier molecular flexibility index (Phi) is 10.1. The second kappa shape index (κ2) is 14.3. The number of aromatic nitrogens is 4. The number of H-pyrrole nitrogens is 1. The van der Waals surface area contributed by atoms with Crippen LogP contribution in [0.2, 0.25) is 0 Å². The van der Waals surface area contributed by atoms with Crippen LogP contribution in [0.25, 0.3) is 10.9 Å². The van der Waals surface area contributed by atoms with E-state index in [9.17, 15) is 29.1 Å². The fourth-order valence-corrected chi connectivity index (χ4v) is 7.73. The molecule has 1 unspecified atom stereocenters. The summed E-state index contributed by atoms with van der Waals surface area (Å²) in [4.78, 5) is 72.5. The SMILES string of the molecule is CC(C)(O)c1cnnn1[C@H]1C[C@@H](C(=O)NC2(C(=O)C(N)=O)CCOCC2)N(C(=O)C(CC2CCCCC2)NC(=O)c2ccc3cc[nH]c3c2)C1. The van der Waals surface area contributed by atoms with Gasteiger partial charge in [-0.1, -0.05) is 43.4 Å². The average molecular weight is 691 g/mol. The second-order valence-corrected chi connectivity index (χ2v) is 14.4. The topological polar surface area (TPSA) is 215 Å². The van der Waals surface area contributed by atoms with Gasteiger partial charge in [-0.05, 0) is 49.8 Å². The van der Waals surface area contributed by atoms with Crippen molar-refractivity contribution in [3.05, 3.63) is 47.9 Å². The van der Waals surface area contributed by atoms with Crippen LogP contribution < -0.4 is 16.4 Å². The molecule has 2 aromatic heterocycles. The van der Waals surface area contributed by atoms with Gasteiger partial charge >= 0.3 is 0 Å². The lowest BCUT2D eigenvalue weighted by atomic mass is 9.84. The molecule has 15 heteroatoms. The van der Waals surface area contributed by atoms with E-state index >= 15 is 0 Å². The normalized spacial score (nSPS) is 21.9. The molecule has 6 N–H and O–H groups in total.